The number of fused-ring (bicyclic) bond motifs is 1. The molecule has 144 valence electrons. The van der Waals surface area contributed by atoms with Gasteiger partial charge in [0.05, 0.1) is 5.75 Å². The SMILES string of the molecule is CCc1ccc(NC(=O)CSC2=N[C@H]3C(=O)N(C)C(=O)N(C)[C@H]3N2C)cc1. The number of nitrogens with one attached hydrogen (secondary N) is 1. The first kappa shape index (κ1) is 19.2. The zero-order valence-electron chi connectivity index (χ0n) is 15.8. The summed E-state index contributed by atoms with van der Waals surface area (Å²) in [5, 5.41) is 3.43. The lowest BCUT2D eigenvalue weighted by Crippen LogP contribution is -2.63. The van der Waals surface area contributed by atoms with Gasteiger partial charge in [-0.1, -0.05) is 30.8 Å². The van der Waals surface area contributed by atoms with Crippen LogP contribution in [0.4, 0.5) is 10.5 Å². The third-order valence-electron chi connectivity index (χ3n) is 4.78. The minimum atomic E-state index is -0.658. The molecule has 0 unspecified atom stereocenters. The molecule has 0 spiro atoms. The minimum Gasteiger partial charge on any atom is -0.331 e. The van der Waals surface area contributed by atoms with Crippen LogP contribution in [0.3, 0.4) is 0 Å². The van der Waals surface area contributed by atoms with Gasteiger partial charge >= 0.3 is 6.03 Å². The number of nitrogens with zero attached hydrogens (tertiary/aromatic N) is 4. The number of likely N-dealkylation sites (N-methyl/N-ethyl adjacent to an activating group) is 3. The minimum absolute atomic E-state index is 0.150. The topological polar surface area (TPSA) is 85.3 Å². The van der Waals surface area contributed by atoms with Crippen molar-refractivity contribution in [2.45, 2.75) is 25.6 Å². The van der Waals surface area contributed by atoms with Gasteiger partial charge in [0.1, 0.15) is 6.17 Å². The van der Waals surface area contributed by atoms with E-state index in [2.05, 4.69) is 17.2 Å². The van der Waals surface area contributed by atoms with Gasteiger partial charge in [-0.05, 0) is 24.1 Å². The first-order chi connectivity index (χ1) is 12.8. The maximum atomic E-state index is 12.3. The smallest absolute Gasteiger partial charge is 0.327 e. The van der Waals surface area contributed by atoms with Crippen LogP contribution in [0.2, 0.25) is 0 Å². The maximum Gasteiger partial charge on any atom is 0.327 e. The highest BCUT2D eigenvalue weighted by Gasteiger charge is 2.49. The zero-order chi connectivity index (χ0) is 19.7. The average molecular weight is 389 g/mol. The molecule has 2 aliphatic heterocycles. The number of benzene rings is 1. The Labute approximate surface area is 162 Å². The molecule has 1 N–H and O–H groups in total. The van der Waals surface area contributed by atoms with E-state index in [-0.39, 0.29) is 23.6 Å². The monoisotopic (exact) mass is 389 g/mol. The van der Waals surface area contributed by atoms with Crippen LogP contribution < -0.4 is 5.32 Å². The van der Waals surface area contributed by atoms with Gasteiger partial charge in [-0.3, -0.25) is 14.5 Å². The summed E-state index contributed by atoms with van der Waals surface area (Å²) in [6.45, 7) is 2.08. The van der Waals surface area contributed by atoms with Crippen molar-refractivity contribution in [3.05, 3.63) is 29.8 Å². The molecule has 1 aromatic carbocycles. The Kier molecular flexibility index (Phi) is 5.41. The number of aliphatic imine (C=N–C) groups is 1. The fourth-order valence-electron chi connectivity index (χ4n) is 3.19. The van der Waals surface area contributed by atoms with E-state index in [0.717, 1.165) is 17.0 Å². The molecule has 2 heterocycles. The molecular formula is C18H23N5O3S. The van der Waals surface area contributed by atoms with Crippen LogP contribution in [0.5, 0.6) is 0 Å². The number of hydrogen-bond acceptors (Lipinski definition) is 6. The molecular weight excluding hydrogens is 366 g/mol. The van der Waals surface area contributed by atoms with E-state index in [4.69, 9.17) is 0 Å². The molecule has 27 heavy (non-hydrogen) atoms. The van der Waals surface area contributed by atoms with Crippen molar-refractivity contribution in [2.24, 2.45) is 4.99 Å². The number of carbonyl (C=O) groups excluding carboxylic acids is 3. The van der Waals surface area contributed by atoms with Crippen LogP contribution >= 0.6 is 11.8 Å². The van der Waals surface area contributed by atoms with Crippen molar-refractivity contribution in [2.75, 3.05) is 32.2 Å². The number of hydrogen-bond donors (Lipinski definition) is 1. The predicted octanol–water partition coefficient (Wildman–Crippen LogP) is 1.44. The van der Waals surface area contributed by atoms with Crippen molar-refractivity contribution in [3.8, 4) is 0 Å². The molecule has 4 amide bonds. The second-order valence-corrected chi connectivity index (χ2v) is 7.50. The number of rotatable bonds is 4. The Morgan fingerprint density at radius 2 is 1.81 bits per heavy atom. The summed E-state index contributed by atoms with van der Waals surface area (Å²) in [6.07, 6.45) is 0.497. The van der Waals surface area contributed by atoms with Crippen LogP contribution in [-0.2, 0) is 16.0 Å². The lowest BCUT2D eigenvalue weighted by molar-refractivity contribution is -0.134. The van der Waals surface area contributed by atoms with Crippen LogP contribution in [0.15, 0.2) is 29.3 Å². The summed E-state index contributed by atoms with van der Waals surface area (Å²) in [4.78, 5) is 45.5. The molecule has 1 saturated heterocycles. The van der Waals surface area contributed by atoms with E-state index in [1.165, 1.54) is 29.3 Å². The molecule has 1 fully saturated rings. The Bertz CT molecular complexity index is 795. The van der Waals surface area contributed by atoms with Crippen molar-refractivity contribution in [3.63, 3.8) is 0 Å². The third-order valence-corrected chi connectivity index (χ3v) is 5.84. The fraction of sp³-hybridized carbons (Fsp3) is 0.444. The number of amidine groups is 1. The Morgan fingerprint density at radius 1 is 1.15 bits per heavy atom. The van der Waals surface area contributed by atoms with E-state index in [1.54, 1.807) is 19.0 Å². The summed E-state index contributed by atoms with van der Waals surface area (Å²) >= 11 is 1.25. The summed E-state index contributed by atoms with van der Waals surface area (Å²) in [6, 6.07) is 6.71. The van der Waals surface area contributed by atoms with Gasteiger partial charge in [0, 0.05) is 26.8 Å². The van der Waals surface area contributed by atoms with Crippen LogP contribution in [-0.4, -0.2) is 76.8 Å². The normalized spacial score (nSPS) is 22.1. The molecule has 2 aliphatic rings. The molecule has 3 rings (SSSR count). The molecule has 2 atom stereocenters. The van der Waals surface area contributed by atoms with E-state index >= 15 is 0 Å². The first-order valence-electron chi connectivity index (χ1n) is 8.70. The fourth-order valence-corrected chi connectivity index (χ4v) is 4.02. The largest absolute Gasteiger partial charge is 0.331 e. The molecule has 0 radical (unpaired) electrons. The van der Waals surface area contributed by atoms with E-state index in [1.807, 2.05) is 24.3 Å². The number of urea groups is 1. The highest BCUT2D eigenvalue weighted by atomic mass is 32.2. The average Bonchev–Trinajstić information content (AvgIpc) is 3.00. The number of aryl methyl sites for hydroxylation is 1. The van der Waals surface area contributed by atoms with Crippen LogP contribution in [0.25, 0.3) is 0 Å². The third kappa shape index (κ3) is 3.64. The first-order valence-corrected chi connectivity index (χ1v) is 9.68. The van der Waals surface area contributed by atoms with E-state index in [9.17, 15) is 14.4 Å². The quantitative estimate of drug-likeness (QED) is 0.842. The molecule has 0 aromatic heterocycles. The number of carbonyl (C=O) groups is 3. The summed E-state index contributed by atoms with van der Waals surface area (Å²) in [5.41, 5.74) is 1.95. The van der Waals surface area contributed by atoms with Gasteiger partial charge in [-0.25, -0.2) is 9.79 Å². The van der Waals surface area contributed by atoms with Gasteiger partial charge in [0.2, 0.25) is 5.91 Å². The van der Waals surface area contributed by atoms with Gasteiger partial charge in [0.15, 0.2) is 11.2 Å². The molecule has 8 nitrogen and oxygen atoms in total. The second kappa shape index (κ2) is 7.59. The molecule has 9 heteroatoms. The summed E-state index contributed by atoms with van der Waals surface area (Å²) < 4.78 is 0. The van der Waals surface area contributed by atoms with E-state index in [0.29, 0.717) is 5.17 Å². The Morgan fingerprint density at radius 3 is 2.44 bits per heavy atom. The zero-order valence-corrected chi connectivity index (χ0v) is 16.6. The summed E-state index contributed by atoms with van der Waals surface area (Å²) in [7, 11) is 4.88. The Balaban J connectivity index is 1.61. The van der Waals surface area contributed by atoms with Crippen molar-refractivity contribution >= 4 is 40.5 Å². The number of imide groups is 1. The maximum absolute atomic E-state index is 12.3. The van der Waals surface area contributed by atoms with Crippen LogP contribution in [0, 0.1) is 0 Å². The Hall–Kier alpha value is -2.55. The summed E-state index contributed by atoms with van der Waals surface area (Å²) in [5.74, 6) is -0.311. The highest BCUT2D eigenvalue weighted by Crippen LogP contribution is 2.29. The molecule has 0 saturated carbocycles. The standard InChI is InChI=1S/C18H23N5O3S/c1-5-11-6-8-12(9-7-11)19-13(24)10-27-17-20-14-15(21(17)2)22(3)18(26)23(4)16(14)25/h6-9,14-15H,5,10H2,1-4H3,(H,19,24)/t14-,15-/m1/s1. The van der Waals surface area contributed by atoms with Gasteiger partial charge in [-0.2, -0.15) is 0 Å². The van der Waals surface area contributed by atoms with Gasteiger partial charge < -0.3 is 15.1 Å². The number of amides is 4. The van der Waals surface area contributed by atoms with Crippen LogP contribution in [0.1, 0.15) is 12.5 Å². The number of thioether (sulfide) groups is 1. The molecule has 1 aromatic rings. The van der Waals surface area contributed by atoms with Gasteiger partial charge in [0.25, 0.3) is 5.91 Å². The molecule has 0 aliphatic carbocycles. The lowest BCUT2D eigenvalue weighted by atomic mass is 10.1. The molecule has 0 bridgehead atoms. The predicted molar refractivity (Wildman–Crippen MR) is 106 cm³/mol. The number of anilines is 1. The van der Waals surface area contributed by atoms with Crippen molar-refractivity contribution < 1.29 is 14.4 Å². The van der Waals surface area contributed by atoms with Crippen molar-refractivity contribution in [1.29, 1.82) is 0 Å². The van der Waals surface area contributed by atoms with Crippen molar-refractivity contribution in [1.82, 2.24) is 14.7 Å². The van der Waals surface area contributed by atoms with E-state index < -0.39 is 12.2 Å². The van der Waals surface area contributed by atoms with Gasteiger partial charge in [-0.15, -0.1) is 0 Å². The lowest BCUT2D eigenvalue weighted by Gasteiger charge is -2.40. The highest BCUT2D eigenvalue weighted by molar-refractivity contribution is 8.14. The second-order valence-electron chi connectivity index (χ2n) is 6.56.